The minimum atomic E-state index is -0.880. The van der Waals surface area contributed by atoms with Crippen LogP contribution in [0.4, 0.5) is 4.79 Å². The highest BCUT2D eigenvalue weighted by molar-refractivity contribution is 5.65. The molecule has 0 bridgehead atoms. The first-order valence-corrected chi connectivity index (χ1v) is 6.38. The summed E-state index contributed by atoms with van der Waals surface area (Å²) in [5, 5.41) is 18.6. The quantitative estimate of drug-likeness (QED) is 0.845. The summed E-state index contributed by atoms with van der Waals surface area (Å²) in [5.41, 5.74) is 0.959. The lowest BCUT2D eigenvalue weighted by Crippen LogP contribution is -2.54. The van der Waals surface area contributed by atoms with Crippen molar-refractivity contribution in [2.75, 3.05) is 26.2 Å². The molecule has 104 valence electrons. The van der Waals surface area contributed by atoms with Crippen LogP contribution in [0.3, 0.4) is 0 Å². The third-order valence-corrected chi connectivity index (χ3v) is 3.59. The van der Waals surface area contributed by atoms with Crippen molar-refractivity contribution in [3.05, 3.63) is 30.1 Å². The van der Waals surface area contributed by atoms with Crippen LogP contribution in [0, 0.1) is 0 Å². The van der Waals surface area contributed by atoms with Gasteiger partial charge in [0.1, 0.15) is 0 Å². The molecule has 1 saturated heterocycles. The van der Waals surface area contributed by atoms with Crippen molar-refractivity contribution in [2.24, 2.45) is 0 Å². The summed E-state index contributed by atoms with van der Waals surface area (Å²) in [6.45, 7) is 3.60. The number of amides is 1. The van der Waals surface area contributed by atoms with E-state index in [0.717, 1.165) is 5.56 Å². The van der Waals surface area contributed by atoms with Gasteiger partial charge in [-0.3, -0.25) is 9.88 Å². The Labute approximate surface area is 112 Å². The van der Waals surface area contributed by atoms with Gasteiger partial charge >= 0.3 is 6.09 Å². The molecule has 2 rings (SSSR count). The van der Waals surface area contributed by atoms with E-state index in [9.17, 15) is 9.90 Å². The first kappa shape index (κ1) is 13.8. The highest BCUT2D eigenvalue weighted by atomic mass is 16.4. The van der Waals surface area contributed by atoms with Gasteiger partial charge in [-0.25, -0.2) is 4.79 Å². The number of aliphatic hydroxyl groups excluding tert-OH is 1. The van der Waals surface area contributed by atoms with Crippen LogP contribution >= 0.6 is 0 Å². The molecule has 1 amide bonds. The molecular weight excluding hydrogens is 246 g/mol. The minimum absolute atomic E-state index is 0.00544. The van der Waals surface area contributed by atoms with Crippen LogP contribution < -0.4 is 0 Å². The van der Waals surface area contributed by atoms with Gasteiger partial charge in [0.2, 0.25) is 0 Å². The van der Waals surface area contributed by atoms with Crippen LogP contribution in [0.2, 0.25) is 0 Å². The monoisotopic (exact) mass is 265 g/mol. The summed E-state index contributed by atoms with van der Waals surface area (Å²) in [6, 6.07) is 3.58. The van der Waals surface area contributed by atoms with Gasteiger partial charge < -0.3 is 15.1 Å². The Kier molecular flexibility index (Phi) is 4.34. The van der Waals surface area contributed by atoms with E-state index in [1.807, 2.05) is 19.1 Å². The topological polar surface area (TPSA) is 76.9 Å². The van der Waals surface area contributed by atoms with Crippen molar-refractivity contribution in [3.8, 4) is 0 Å². The van der Waals surface area contributed by atoms with E-state index in [4.69, 9.17) is 5.11 Å². The Bertz CT molecular complexity index is 426. The summed E-state index contributed by atoms with van der Waals surface area (Å²) < 4.78 is 0. The second kappa shape index (κ2) is 5.99. The van der Waals surface area contributed by atoms with E-state index in [1.165, 1.54) is 4.90 Å². The van der Waals surface area contributed by atoms with Crippen molar-refractivity contribution >= 4 is 6.09 Å². The fraction of sp³-hybridized carbons (Fsp3) is 0.538. The summed E-state index contributed by atoms with van der Waals surface area (Å²) in [7, 11) is 0. The Morgan fingerprint density at radius 3 is 2.89 bits per heavy atom. The number of nitrogens with zero attached hydrogens (tertiary/aromatic N) is 3. The van der Waals surface area contributed by atoms with Gasteiger partial charge in [0.15, 0.2) is 0 Å². The third-order valence-electron chi connectivity index (χ3n) is 3.59. The molecule has 1 aromatic heterocycles. The highest BCUT2D eigenvalue weighted by Gasteiger charge is 2.31. The van der Waals surface area contributed by atoms with Gasteiger partial charge in [-0.2, -0.15) is 0 Å². The molecule has 6 nitrogen and oxygen atoms in total. The number of pyridine rings is 1. The second-order valence-electron chi connectivity index (χ2n) is 4.80. The Balaban J connectivity index is 2.08. The molecule has 0 aromatic carbocycles. The lowest BCUT2D eigenvalue weighted by Gasteiger charge is -2.41. The summed E-state index contributed by atoms with van der Waals surface area (Å²) in [5.74, 6) is 0. The summed E-state index contributed by atoms with van der Waals surface area (Å²) >= 11 is 0. The zero-order valence-corrected chi connectivity index (χ0v) is 10.9. The van der Waals surface area contributed by atoms with E-state index < -0.39 is 6.09 Å². The molecule has 2 heterocycles. The fourth-order valence-electron chi connectivity index (χ4n) is 2.56. The lowest BCUT2D eigenvalue weighted by molar-refractivity contribution is 0.0363. The molecule has 1 aromatic rings. The minimum Gasteiger partial charge on any atom is -0.465 e. The maximum Gasteiger partial charge on any atom is 0.407 e. The average Bonchev–Trinajstić information content (AvgIpc) is 2.40. The number of carboxylic acid groups (broad SMARTS) is 1. The number of carbonyl (C=O) groups is 1. The molecule has 2 N–H and O–H groups in total. The molecule has 0 radical (unpaired) electrons. The van der Waals surface area contributed by atoms with Gasteiger partial charge in [-0.05, 0) is 18.6 Å². The molecule has 0 aliphatic carbocycles. The number of rotatable bonds is 3. The van der Waals surface area contributed by atoms with Crippen LogP contribution in [-0.4, -0.2) is 63.4 Å². The van der Waals surface area contributed by atoms with Crippen molar-refractivity contribution < 1.29 is 15.0 Å². The smallest absolute Gasteiger partial charge is 0.407 e. The molecular formula is C13H19N3O3. The molecule has 0 unspecified atom stereocenters. The molecule has 1 aliphatic heterocycles. The Morgan fingerprint density at radius 2 is 2.37 bits per heavy atom. The van der Waals surface area contributed by atoms with Gasteiger partial charge in [-0.1, -0.05) is 6.07 Å². The van der Waals surface area contributed by atoms with Crippen molar-refractivity contribution in [2.45, 2.75) is 19.0 Å². The second-order valence-corrected chi connectivity index (χ2v) is 4.80. The van der Waals surface area contributed by atoms with Gasteiger partial charge in [-0.15, -0.1) is 0 Å². The van der Waals surface area contributed by atoms with Crippen LogP contribution in [-0.2, 0) is 0 Å². The zero-order valence-electron chi connectivity index (χ0n) is 10.9. The Morgan fingerprint density at radius 1 is 1.58 bits per heavy atom. The molecule has 0 spiro atoms. The maximum absolute atomic E-state index is 11.0. The first-order valence-electron chi connectivity index (χ1n) is 6.38. The number of aliphatic hydroxyl groups is 1. The average molecular weight is 265 g/mol. The van der Waals surface area contributed by atoms with E-state index in [0.29, 0.717) is 19.6 Å². The summed E-state index contributed by atoms with van der Waals surface area (Å²) in [4.78, 5) is 18.6. The lowest BCUT2D eigenvalue weighted by atomic mass is 10.1. The van der Waals surface area contributed by atoms with Crippen molar-refractivity contribution in [1.29, 1.82) is 0 Å². The molecule has 1 fully saturated rings. The zero-order chi connectivity index (χ0) is 13.8. The molecule has 6 heteroatoms. The van der Waals surface area contributed by atoms with E-state index in [1.54, 1.807) is 12.4 Å². The normalized spacial score (nSPS) is 22.2. The predicted octanol–water partition coefficient (Wildman–Crippen LogP) is 0.799. The number of piperazine rings is 1. The van der Waals surface area contributed by atoms with E-state index in [-0.39, 0.29) is 18.7 Å². The van der Waals surface area contributed by atoms with Crippen molar-refractivity contribution in [3.63, 3.8) is 0 Å². The SMILES string of the molecule is C[C@@H]1CN([C@@H](CO)c2cccnc2)CCN1C(=O)O. The largest absolute Gasteiger partial charge is 0.465 e. The van der Waals surface area contributed by atoms with Crippen LogP contribution in [0.25, 0.3) is 0 Å². The van der Waals surface area contributed by atoms with Gasteiger partial charge in [0, 0.05) is 38.1 Å². The molecule has 2 atom stereocenters. The number of hydrogen-bond acceptors (Lipinski definition) is 4. The predicted molar refractivity (Wildman–Crippen MR) is 69.8 cm³/mol. The van der Waals surface area contributed by atoms with E-state index in [2.05, 4.69) is 9.88 Å². The first-order chi connectivity index (χ1) is 9.13. The molecule has 19 heavy (non-hydrogen) atoms. The van der Waals surface area contributed by atoms with Crippen LogP contribution in [0.5, 0.6) is 0 Å². The Hall–Kier alpha value is -1.66. The number of hydrogen-bond donors (Lipinski definition) is 2. The van der Waals surface area contributed by atoms with Crippen LogP contribution in [0.1, 0.15) is 18.5 Å². The van der Waals surface area contributed by atoms with Gasteiger partial charge in [0.05, 0.1) is 12.6 Å². The van der Waals surface area contributed by atoms with E-state index >= 15 is 0 Å². The fourth-order valence-corrected chi connectivity index (χ4v) is 2.56. The van der Waals surface area contributed by atoms with Crippen LogP contribution in [0.15, 0.2) is 24.5 Å². The highest BCUT2D eigenvalue weighted by Crippen LogP contribution is 2.23. The van der Waals surface area contributed by atoms with Crippen molar-refractivity contribution in [1.82, 2.24) is 14.8 Å². The number of aromatic nitrogens is 1. The van der Waals surface area contributed by atoms with Gasteiger partial charge in [0.25, 0.3) is 0 Å². The third kappa shape index (κ3) is 3.02. The molecule has 0 saturated carbocycles. The summed E-state index contributed by atoms with van der Waals surface area (Å²) in [6.07, 6.45) is 2.56. The molecule has 1 aliphatic rings. The maximum atomic E-state index is 11.0. The standard InChI is InChI=1S/C13H19N3O3/c1-10-8-15(5-6-16(10)13(18)19)12(9-17)11-3-2-4-14-7-11/h2-4,7,10,12,17H,5-6,8-9H2,1H3,(H,18,19)/t10-,12+/m1/s1.